The van der Waals surface area contributed by atoms with Crippen molar-refractivity contribution >= 4 is 0 Å². The van der Waals surface area contributed by atoms with Crippen LogP contribution >= 0.6 is 0 Å². The lowest BCUT2D eigenvalue weighted by atomic mass is 10.0. The van der Waals surface area contributed by atoms with Crippen LogP contribution in [0, 0.1) is 0 Å². The van der Waals surface area contributed by atoms with Crippen LogP contribution in [0.4, 0.5) is 8.78 Å². The number of aliphatic hydroxyl groups excluding tert-OH is 1. The fraction of sp³-hybridized carbons (Fsp3) is 0.600. The third-order valence-corrected chi connectivity index (χ3v) is 2.90. The molecule has 8 heteroatoms. The van der Waals surface area contributed by atoms with Gasteiger partial charge in [0.25, 0.3) is 5.56 Å². The molecular formula is C10H12F2N2O4. The molecule has 0 radical (unpaired) electrons. The monoisotopic (exact) mass is 262 g/mol. The summed E-state index contributed by atoms with van der Waals surface area (Å²) in [7, 11) is 0. The smallest absolute Gasteiger partial charge is 0.330 e. The average molecular weight is 262 g/mol. The van der Waals surface area contributed by atoms with Gasteiger partial charge >= 0.3 is 5.69 Å². The van der Waals surface area contributed by atoms with Gasteiger partial charge in [-0.25, -0.2) is 13.6 Å². The number of ether oxygens (including phenoxy) is 1. The van der Waals surface area contributed by atoms with Crippen LogP contribution < -0.4 is 11.2 Å². The zero-order chi connectivity index (χ0) is 13.3. The Hall–Kier alpha value is -1.54. The number of aromatic amines is 1. The maximum absolute atomic E-state index is 13.8. The first-order chi connectivity index (χ1) is 8.51. The van der Waals surface area contributed by atoms with E-state index in [1.165, 1.54) is 0 Å². The SMILES string of the molecule is O=c1ccn([C@@H]2O[C@@](CO)(CF)C[C@@H]2F)c(=O)[nH]1. The van der Waals surface area contributed by atoms with E-state index < -0.39 is 42.5 Å². The van der Waals surface area contributed by atoms with Crippen LogP contribution in [0.15, 0.2) is 21.9 Å². The van der Waals surface area contributed by atoms with Crippen molar-refractivity contribution in [1.29, 1.82) is 0 Å². The van der Waals surface area contributed by atoms with Gasteiger partial charge in [0.1, 0.15) is 18.4 Å². The number of nitrogens with zero attached hydrogens (tertiary/aromatic N) is 1. The molecule has 3 atom stereocenters. The van der Waals surface area contributed by atoms with Crippen LogP contribution in [0.25, 0.3) is 0 Å². The van der Waals surface area contributed by atoms with Crippen molar-refractivity contribution in [2.24, 2.45) is 0 Å². The van der Waals surface area contributed by atoms with Crippen molar-refractivity contribution in [3.63, 3.8) is 0 Å². The van der Waals surface area contributed by atoms with Crippen molar-refractivity contribution in [3.05, 3.63) is 33.1 Å². The number of hydrogen-bond donors (Lipinski definition) is 2. The van der Waals surface area contributed by atoms with Gasteiger partial charge in [0.15, 0.2) is 6.23 Å². The molecule has 2 N–H and O–H groups in total. The van der Waals surface area contributed by atoms with E-state index >= 15 is 0 Å². The van der Waals surface area contributed by atoms with E-state index in [-0.39, 0.29) is 6.42 Å². The quantitative estimate of drug-likeness (QED) is 0.768. The topological polar surface area (TPSA) is 84.3 Å². The second-order valence-electron chi connectivity index (χ2n) is 4.22. The molecule has 100 valence electrons. The van der Waals surface area contributed by atoms with E-state index in [0.29, 0.717) is 0 Å². The van der Waals surface area contributed by atoms with Crippen molar-refractivity contribution in [3.8, 4) is 0 Å². The number of halogens is 2. The van der Waals surface area contributed by atoms with Gasteiger partial charge in [0.05, 0.1) is 6.61 Å². The lowest BCUT2D eigenvalue weighted by molar-refractivity contribution is -0.114. The zero-order valence-corrected chi connectivity index (χ0v) is 9.31. The second-order valence-corrected chi connectivity index (χ2v) is 4.22. The Morgan fingerprint density at radius 2 is 2.33 bits per heavy atom. The molecule has 1 aromatic heterocycles. The molecule has 0 aliphatic carbocycles. The minimum Gasteiger partial charge on any atom is -0.393 e. The molecule has 0 bridgehead atoms. The summed E-state index contributed by atoms with van der Waals surface area (Å²) >= 11 is 0. The lowest BCUT2D eigenvalue weighted by Crippen LogP contribution is -2.37. The van der Waals surface area contributed by atoms with Gasteiger partial charge in [-0.15, -0.1) is 0 Å². The molecule has 2 heterocycles. The minimum atomic E-state index is -1.64. The summed E-state index contributed by atoms with van der Waals surface area (Å²) in [6.07, 6.45) is -2.27. The van der Waals surface area contributed by atoms with Gasteiger partial charge < -0.3 is 9.84 Å². The van der Waals surface area contributed by atoms with Crippen LogP contribution in [0.5, 0.6) is 0 Å². The van der Waals surface area contributed by atoms with Crippen molar-refractivity contribution in [1.82, 2.24) is 9.55 Å². The van der Waals surface area contributed by atoms with Gasteiger partial charge in [0, 0.05) is 18.7 Å². The van der Waals surface area contributed by atoms with E-state index in [1.54, 1.807) is 0 Å². The first-order valence-electron chi connectivity index (χ1n) is 5.31. The molecule has 2 rings (SSSR count). The molecule has 1 aliphatic rings. The maximum atomic E-state index is 13.8. The molecule has 1 fully saturated rings. The molecular weight excluding hydrogens is 250 g/mol. The van der Waals surface area contributed by atoms with Crippen LogP contribution in [0.2, 0.25) is 0 Å². The fourth-order valence-electron chi connectivity index (χ4n) is 1.92. The molecule has 1 saturated heterocycles. The standard InChI is InChI=1S/C10H12F2N2O4/c11-4-10(5-15)3-6(12)8(18-10)14-2-1-7(16)13-9(14)17/h1-2,6,8,15H,3-5H2,(H,13,16,17)/t6-,8+,10+/m0/s1. The number of aromatic nitrogens is 2. The van der Waals surface area contributed by atoms with Crippen LogP contribution in [-0.2, 0) is 4.74 Å². The largest absolute Gasteiger partial charge is 0.393 e. The zero-order valence-electron chi connectivity index (χ0n) is 9.31. The Kier molecular flexibility index (Phi) is 3.31. The predicted molar refractivity (Wildman–Crippen MR) is 56.7 cm³/mol. The molecule has 1 aliphatic heterocycles. The highest BCUT2D eigenvalue weighted by atomic mass is 19.1. The first-order valence-corrected chi connectivity index (χ1v) is 5.31. The Balaban J connectivity index is 2.35. The highest BCUT2D eigenvalue weighted by molar-refractivity contribution is 4.95. The summed E-state index contributed by atoms with van der Waals surface area (Å²) in [5.41, 5.74) is -3.09. The highest BCUT2D eigenvalue weighted by Crippen LogP contribution is 2.38. The molecule has 0 saturated carbocycles. The normalized spacial score (nSPS) is 31.7. The number of H-pyrrole nitrogens is 1. The second kappa shape index (κ2) is 4.62. The Morgan fingerprint density at radius 3 is 2.83 bits per heavy atom. The molecule has 1 aromatic rings. The Morgan fingerprint density at radius 1 is 1.61 bits per heavy atom. The number of nitrogens with one attached hydrogen (secondary N) is 1. The minimum absolute atomic E-state index is 0.351. The van der Waals surface area contributed by atoms with E-state index in [0.717, 1.165) is 16.8 Å². The maximum Gasteiger partial charge on any atom is 0.330 e. The first kappa shape index (κ1) is 12.9. The lowest BCUT2D eigenvalue weighted by Gasteiger charge is -2.23. The summed E-state index contributed by atoms with van der Waals surface area (Å²) in [5.74, 6) is 0. The summed E-state index contributed by atoms with van der Waals surface area (Å²) in [4.78, 5) is 24.3. The van der Waals surface area contributed by atoms with E-state index in [2.05, 4.69) is 0 Å². The van der Waals surface area contributed by atoms with Gasteiger partial charge in [-0.1, -0.05) is 0 Å². The van der Waals surface area contributed by atoms with Crippen molar-refractivity contribution < 1.29 is 18.6 Å². The Bertz CT molecular complexity index is 537. The van der Waals surface area contributed by atoms with Gasteiger partial charge in [-0.05, 0) is 0 Å². The summed E-state index contributed by atoms with van der Waals surface area (Å²) in [5, 5.41) is 9.04. The van der Waals surface area contributed by atoms with E-state index in [1.807, 2.05) is 4.98 Å². The third-order valence-electron chi connectivity index (χ3n) is 2.90. The number of hydrogen-bond acceptors (Lipinski definition) is 4. The summed E-state index contributed by atoms with van der Waals surface area (Å²) in [6.45, 7) is -1.74. The molecule has 0 aromatic carbocycles. The summed E-state index contributed by atoms with van der Waals surface area (Å²) < 4.78 is 32.5. The van der Waals surface area contributed by atoms with Gasteiger partial charge in [0.2, 0.25) is 0 Å². The number of aliphatic hydroxyl groups is 1. The molecule has 6 nitrogen and oxygen atoms in total. The van der Waals surface area contributed by atoms with Crippen LogP contribution in [0.1, 0.15) is 12.6 Å². The molecule has 0 unspecified atom stereocenters. The third kappa shape index (κ3) is 2.08. The van der Waals surface area contributed by atoms with Crippen molar-refractivity contribution in [2.45, 2.75) is 24.4 Å². The predicted octanol–water partition coefficient (Wildman–Crippen LogP) is -0.506. The van der Waals surface area contributed by atoms with Crippen LogP contribution in [0.3, 0.4) is 0 Å². The summed E-state index contributed by atoms with van der Waals surface area (Å²) in [6, 6.07) is 1.03. The number of alkyl halides is 2. The number of rotatable bonds is 3. The highest BCUT2D eigenvalue weighted by Gasteiger charge is 2.48. The molecule has 18 heavy (non-hydrogen) atoms. The van der Waals surface area contributed by atoms with Gasteiger partial charge in [-0.3, -0.25) is 14.3 Å². The van der Waals surface area contributed by atoms with E-state index in [4.69, 9.17) is 9.84 Å². The fourth-order valence-corrected chi connectivity index (χ4v) is 1.92. The van der Waals surface area contributed by atoms with Crippen molar-refractivity contribution in [2.75, 3.05) is 13.3 Å². The average Bonchev–Trinajstić information content (AvgIpc) is 2.67. The van der Waals surface area contributed by atoms with Crippen LogP contribution in [-0.4, -0.2) is 39.7 Å². The molecule has 0 amide bonds. The van der Waals surface area contributed by atoms with Gasteiger partial charge in [-0.2, -0.15) is 0 Å². The van der Waals surface area contributed by atoms with E-state index in [9.17, 15) is 18.4 Å². The Labute approximate surface area is 99.8 Å². The molecule has 0 spiro atoms.